The number of hydrogen-bond donors (Lipinski definition) is 0. The summed E-state index contributed by atoms with van der Waals surface area (Å²) in [6, 6.07) is 16.4. The van der Waals surface area contributed by atoms with Crippen molar-refractivity contribution in [3.05, 3.63) is 70.6 Å². The lowest BCUT2D eigenvalue weighted by Gasteiger charge is -2.08. The van der Waals surface area contributed by atoms with Gasteiger partial charge in [0.15, 0.2) is 4.80 Å². The van der Waals surface area contributed by atoms with E-state index in [2.05, 4.69) is 4.57 Å². The molecule has 0 aliphatic heterocycles. The summed E-state index contributed by atoms with van der Waals surface area (Å²) in [6.45, 7) is 1.28. The second-order valence-corrected chi connectivity index (χ2v) is 5.84. The molecule has 2 aromatic carbocycles. The van der Waals surface area contributed by atoms with Crippen LogP contribution in [0.1, 0.15) is 0 Å². The van der Waals surface area contributed by atoms with Crippen LogP contribution in [0, 0.1) is 5.82 Å². The second-order valence-electron chi connectivity index (χ2n) is 5.00. The van der Waals surface area contributed by atoms with Crippen molar-refractivity contribution >= 4 is 17.0 Å². The predicted molar refractivity (Wildman–Crippen MR) is 91.2 cm³/mol. The molecule has 0 N–H and O–H groups in total. The minimum atomic E-state index is -0.235. The van der Waals surface area contributed by atoms with Crippen LogP contribution in [0.2, 0.25) is 0 Å². The quantitative estimate of drug-likeness (QED) is 0.688. The number of benzene rings is 2. The lowest BCUT2D eigenvalue weighted by atomic mass is 10.2. The maximum Gasteiger partial charge on any atom is 0.190 e. The van der Waals surface area contributed by atoms with E-state index in [0.717, 1.165) is 21.7 Å². The van der Waals surface area contributed by atoms with E-state index in [0.29, 0.717) is 13.2 Å². The zero-order chi connectivity index (χ0) is 16.1. The van der Waals surface area contributed by atoms with Crippen LogP contribution in [0.5, 0.6) is 0 Å². The van der Waals surface area contributed by atoms with Gasteiger partial charge < -0.3 is 9.30 Å². The molecule has 0 fully saturated rings. The van der Waals surface area contributed by atoms with E-state index in [-0.39, 0.29) is 5.82 Å². The van der Waals surface area contributed by atoms with E-state index in [1.165, 1.54) is 12.1 Å². The van der Waals surface area contributed by atoms with Crippen LogP contribution < -0.4 is 4.80 Å². The first kappa shape index (κ1) is 15.6. The normalized spacial score (nSPS) is 11.8. The molecule has 0 unspecified atom stereocenters. The van der Waals surface area contributed by atoms with Crippen molar-refractivity contribution in [1.29, 1.82) is 0 Å². The molecule has 3 rings (SSSR count). The Morgan fingerprint density at radius 2 is 1.83 bits per heavy atom. The van der Waals surface area contributed by atoms with Gasteiger partial charge in [-0.05, 0) is 42.0 Å². The van der Waals surface area contributed by atoms with E-state index < -0.39 is 0 Å². The molecule has 118 valence electrons. The smallest absolute Gasteiger partial charge is 0.190 e. The molecule has 1 heterocycles. The maximum atomic E-state index is 13.2. The highest BCUT2D eigenvalue weighted by molar-refractivity contribution is 7.07. The molecule has 0 saturated heterocycles. The van der Waals surface area contributed by atoms with Crippen molar-refractivity contribution in [1.82, 2.24) is 4.57 Å². The summed E-state index contributed by atoms with van der Waals surface area (Å²) in [6.07, 6.45) is 0. The third-order valence-corrected chi connectivity index (χ3v) is 4.30. The summed E-state index contributed by atoms with van der Waals surface area (Å²) >= 11 is 1.57. The molecule has 0 amide bonds. The van der Waals surface area contributed by atoms with Crippen molar-refractivity contribution in [3.63, 3.8) is 0 Å². The molecular weight excluding hydrogens is 311 g/mol. The van der Waals surface area contributed by atoms with E-state index >= 15 is 0 Å². The molecular formula is C18H17FN2OS. The van der Waals surface area contributed by atoms with Gasteiger partial charge in [0.25, 0.3) is 0 Å². The number of hydrogen-bond acceptors (Lipinski definition) is 3. The Morgan fingerprint density at radius 1 is 1.09 bits per heavy atom. The standard InChI is InChI=1S/C18H17FN2OS/c1-22-12-11-21-17(14-7-9-15(19)10-8-14)13-23-18(21)20-16-5-3-2-4-6-16/h2-10,13H,11-12H2,1H3. The lowest BCUT2D eigenvalue weighted by Crippen LogP contribution is -2.18. The molecule has 0 radical (unpaired) electrons. The Labute approximate surface area is 138 Å². The number of rotatable bonds is 5. The number of para-hydroxylation sites is 1. The molecule has 0 bridgehead atoms. The van der Waals surface area contributed by atoms with Crippen LogP contribution in [0.4, 0.5) is 10.1 Å². The first-order valence-corrected chi connectivity index (χ1v) is 8.19. The van der Waals surface area contributed by atoms with Crippen LogP contribution in [0.15, 0.2) is 65.0 Å². The molecule has 0 aliphatic carbocycles. The van der Waals surface area contributed by atoms with Crippen LogP contribution in [-0.4, -0.2) is 18.3 Å². The molecule has 3 nitrogen and oxygen atoms in total. The highest BCUT2D eigenvalue weighted by Gasteiger charge is 2.08. The van der Waals surface area contributed by atoms with Crippen LogP contribution >= 0.6 is 11.3 Å². The van der Waals surface area contributed by atoms with E-state index in [9.17, 15) is 4.39 Å². The van der Waals surface area contributed by atoms with Crippen LogP contribution in [-0.2, 0) is 11.3 Å². The van der Waals surface area contributed by atoms with Crippen LogP contribution in [0.25, 0.3) is 11.3 Å². The van der Waals surface area contributed by atoms with Gasteiger partial charge in [-0.15, -0.1) is 11.3 Å². The number of ether oxygens (including phenoxy) is 1. The Balaban J connectivity index is 2.07. The highest BCUT2D eigenvalue weighted by Crippen LogP contribution is 2.21. The zero-order valence-electron chi connectivity index (χ0n) is 12.8. The van der Waals surface area contributed by atoms with Crippen molar-refractivity contribution < 1.29 is 9.13 Å². The fourth-order valence-electron chi connectivity index (χ4n) is 2.28. The van der Waals surface area contributed by atoms with Gasteiger partial charge >= 0.3 is 0 Å². The molecule has 3 aromatic rings. The van der Waals surface area contributed by atoms with Gasteiger partial charge in [-0.3, -0.25) is 0 Å². The summed E-state index contributed by atoms with van der Waals surface area (Å²) in [5, 5.41) is 2.05. The summed E-state index contributed by atoms with van der Waals surface area (Å²) in [5.74, 6) is -0.235. The van der Waals surface area contributed by atoms with Crippen molar-refractivity contribution in [2.75, 3.05) is 13.7 Å². The van der Waals surface area contributed by atoms with Gasteiger partial charge in [0, 0.05) is 19.0 Å². The topological polar surface area (TPSA) is 26.5 Å². The summed E-state index contributed by atoms with van der Waals surface area (Å²) in [5.41, 5.74) is 2.89. The highest BCUT2D eigenvalue weighted by atomic mass is 32.1. The lowest BCUT2D eigenvalue weighted by molar-refractivity contribution is 0.187. The predicted octanol–water partition coefficient (Wildman–Crippen LogP) is 4.23. The van der Waals surface area contributed by atoms with E-state index in [1.807, 2.05) is 35.7 Å². The Hall–Kier alpha value is -2.24. The first-order chi connectivity index (χ1) is 11.3. The third-order valence-electron chi connectivity index (χ3n) is 3.44. The van der Waals surface area contributed by atoms with E-state index in [1.54, 1.807) is 30.6 Å². The zero-order valence-corrected chi connectivity index (χ0v) is 13.6. The molecule has 0 saturated carbocycles. The minimum absolute atomic E-state index is 0.235. The van der Waals surface area contributed by atoms with Crippen molar-refractivity contribution in [2.45, 2.75) is 6.54 Å². The van der Waals surface area contributed by atoms with Crippen molar-refractivity contribution in [3.8, 4) is 11.3 Å². The Kier molecular flexibility index (Phi) is 5.00. The largest absolute Gasteiger partial charge is 0.383 e. The SMILES string of the molecule is COCCn1c(-c2ccc(F)cc2)csc1=Nc1ccccc1. The average molecular weight is 328 g/mol. The third kappa shape index (κ3) is 3.75. The van der Waals surface area contributed by atoms with Crippen molar-refractivity contribution in [2.24, 2.45) is 4.99 Å². The molecule has 0 aliphatic rings. The monoisotopic (exact) mass is 328 g/mol. The van der Waals surface area contributed by atoms with Gasteiger partial charge in [0.1, 0.15) is 5.82 Å². The number of thiazole rings is 1. The van der Waals surface area contributed by atoms with Gasteiger partial charge in [-0.1, -0.05) is 18.2 Å². The number of nitrogens with zero attached hydrogens (tertiary/aromatic N) is 2. The minimum Gasteiger partial charge on any atom is -0.383 e. The number of aromatic nitrogens is 1. The second kappa shape index (κ2) is 7.35. The molecule has 23 heavy (non-hydrogen) atoms. The summed E-state index contributed by atoms with van der Waals surface area (Å²) in [7, 11) is 1.68. The molecule has 0 spiro atoms. The fourth-order valence-corrected chi connectivity index (χ4v) is 3.24. The van der Waals surface area contributed by atoms with E-state index in [4.69, 9.17) is 9.73 Å². The Morgan fingerprint density at radius 3 is 2.52 bits per heavy atom. The van der Waals surface area contributed by atoms with Crippen LogP contribution in [0.3, 0.4) is 0 Å². The summed E-state index contributed by atoms with van der Waals surface area (Å²) < 4.78 is 20.5. The maximum absolute atomic E-state index is 13.2. The Bertz CT molecular complexity index is 822. The average Bonchev–Trinajstić information content (AvgIpc) is 2.97. The van der Waals surface area contributed by atoms with Gasteiger partial charge in [0.2, 0.25) is 0 Å². The summed E-state index contributed by atoms with van der Waals surface area (Å²) in [4.78, 5) is 5.61. The molecule has 1 aromatic heterocycles. The first-order valence-electron chi connectivity index (χ1n) is 7.31. The number of methoxy groups -OCH3 is 1. The van der Waals surface area contributed by atoms with Gasteiger partial charge in [-0.2, -0.15) is 0 Å². The fraction of sp³-hybridized carbons (Fsp3) is 0.167. The molecule has 5 heteroatoms. The number of halogens is 1. The van der Waals surface area contributed by atoms with Gasteiger partial charge in [-0.25, -0.2) is 9.38 Å². The van der Waals surface area contributed by atoms with Gasteiger partial charge in [0.05, 0.1) is 18.0 Å². The molecule has 0 atom stereocenters.